The molecule has 0 saturated carbocycles. The molecule has 2 aliphatic rings. The molecule has 3 heterocycles. The van der Waals surface area contributed by atoms with Gasteiger partial charge < -0.3 is 14.4 Å². The van der Waals surface area contributed by atoms with Crippen LogP contribution in [0.15, 0.2) is 28.8 Å². The summed E-state index contributed by atoms with van der Waals surface area (Å²) >= 11 is 0. The van der Waals surface area contributed by atoms with E-state index in [-0.39, 0.29) is 11.9 Å². The monoisotopic (exact) mass is 377 g/mol. The Labute approximate surface area is 165 Å². The molecule has 2 aromatic heterocycles. The van der Waals surface area contributed by atoms with Crippen LogP contribution in [0.3, 0.4) is 0 Å². The zero-order valence-electron chi connectivity index (χ0n) is 16.6. The molecule has 0 bridgehead atoms. The van der Waals surface area contributed by atoms with Gasteiger partial charge in [0.1, 0.15) is 11.5 Å². The molecule has 1 aliphatic carbocycles. The Morgan fingerprint density at radius 3 is 2.89 bits per heavy atom. The van der Waals surface area contributed by atoms with Gasteiger partial charge in [0.25, 0.3) is 5.91 Å². The van der Waals surface area contributed by atoms with Gasteiger partial charge in [0.05, 0.1) is 6.04 Å². The van der Waals surface area contributed by atoms with Crippen molar-refractivity contribution in [2.24, 2.45) is 0 Å². The number of aromatic nitrogens is 2. The summed E-state index contributed by atoms with van der Waals surface area (Å²) in [6.45, 7) is 4.96. The van der Waals surface area contributed by atoms with Gasteiger partial charge in [-0.2, -0.15) is 0 Å². The maximum atomic E-state index is 13.4. The molecule has 146 valence electrons. The quantitative estimate of drug-likeness (QED) is 0.688. The molecular weight excluding hydrogens is 350 g/mol. The number of nitrogens with one attached hydrogen (secondary N) is 1. The summed E-state index contributed by atoms with van der Waals surface area (Å²) < 4.78 is 5.49. The summed E-state index contributed by atoms with van der Waals surface area (Å²) in [5.74, 6) is 1.29. The van der Waals surface area contributed by atoms with E-state index in [1.807, 2.05) is 17.0 Å². The first-order valence-electron chi connectivity index (χ1n) is 10.5. The lowest BCUT2D eigenvalue weighted by atomic mass is 9.95. The molecule has 1 aliphatic heterocycles. The molecule has 1 saturated heterocycles. The number of fused-ring (bicyclic) bond motifs is 3. The average Bonchev–Trinajstić information content (AvgIpc) is 3.43. The minimum Gasteiger partial charge on any atom is -0.361 e. The van der Waals surface area contributed by atoms with E-state index in [0.717, 1.165) is 54.8 Å². The second kappa shape index (κ2) is 6.80. The van der Waals surface area contributed by atoms with Crippen molar-refractivity contribution >= 4 is 16.8 Å². The van der Waals surface area contributed by atoms with Gasteiger partial charge in [0.15, 0.2) is 0 Å². The van der Waals surface area contributed by atoms with Crippen LogP contribution in [0.2, 0.25) is 0 Å². The number of nitrogens with zero attached hydrogens (tertiary/aromatic N) is 2. The van der Waals surface area contributed by atoms with Crippen molar-refractivity contribution in [2.45, 2.75) is 64.3 Å². The average molecular weight is 377 g/mol. The number of aryl methyl sites for hydroxylation is 2. The van der Waals surface area contributed by atoms with Gasteiger partial charge in [-0.3, -0.25) is 4.79 Å². The van der Waals surface area contributed by atoms with Crippen molar-refractivity contribution < 1.29 is 9.32 Å². The highest BCUT2D eigenvalue weighted by atomic mass is 16.5. The summed E-state index contributed by atoms with van der Waals surface area (Å²) in [5, 5.41) is 5.49. The molecule has 0 radical (unpaired) electrons. The highest BCUT2D eigenvalue weighted by Crippen LogP contribution is 2.35. The minimum atomic E-state index is 0.0135. The van der Waals surface area contributed by atoms with Crippen LogP contribution in [0.5, 0.6) is 0 Å². The van der Waals surface area contributed by atoms with E-state index in [0.29, 0.717) is 5.92 Å². The van der Waals surface area contributed by atoms with Crippen LogP contribution in [-0.4, -0.2) is 27.5 Å². The highest BCUT2D eigenvalue weighted by molar-refractivity contribution is 5.99. The third-order valence-electron chi connectivity index (χ3n) is 6.32. The third-order valence-corrected chi connectivity index (χ3v) is 6.32. The number of carbonyl (C=O) groups excluding carboxylic acids is 1. The largest absolute Gasteiger partial charge is 0.361 e. The van der Waals surface area contributed by atoms with E-state index in [2.05, 4.69) is 36.1 Å². The second-order valence-electron chi connectivity index (χ2n) is 8.51. The first-order chi connectivity index (χ1) is 13.6. The van der Waals surface area contributed by atoms with Gasteiger partial charge in [-0.1, -0.05) is 19.0 Å². The molecule has 5 heteroatoms. The maximum Gasteiger partial charge on any atom is 0.254 e. The number of H-pyrrole nitrogens is 1. The fraction of sp³-hybridized carbons (Fsp3) is 0.478. The van der Waals surface area contributed by atoms with E-state index in [1.165, 1.54) is 29.5 Å². The Kier molecular flexibility index (Phi) is 4.26. The minimum absolute atomic E-state index is 0.0135. The van der Waals surface area contributed by atoms with Gasteiger partial charge in [-0.05, 0) is 62.3 Å². The summed E-state index contributed by atoms with van der Waals surface area (Å²) in [6, 6.07) is 8.16. The van der Waals surface area contributed by atoms with Crippen molar-refractivity contribution in [1.29, 1.82) is 0 Å². The van der Waals surface area contributed by atoms with E-state index in [4.69, 9.17) is 4.52 Å². The number of likely N-dealkylation sites (tertiary alicyclic amines) is 1. The van der Waals surface area contributed by atoms with Crippen LogP contribution in [0, 0.1) is 0 Å². The summed E-state index contributed by atoms with van der Waals surface area (Å²) in [5.41, 5.74) is 5.58. The van der Waals surface area contributed by atoms with Crippen LogP contribution in [0.1, 0.15) is 84.6 Å². The number of benzene rings is 1. The molecule has 1 atom stereocenters. The molecule has 1 fully saturated rings. The molecule has 5 nitrogen and oxygen atoms in total. The lowest BCUT2D eigenvalue weighted by Crippen LogP contribution is -2.30. The summed E-state index contributed by atoms with van der Waals surface area (Å²) in [6.07, 6.45) is 6.65. The normalized spacial score (nSPS) is 19.5. The first kappa shape index (κ1) is 17.5. The molecule has 1 N–H and O–H groups in total. The van der Waals surface area contributed by atoms with Gasteiger partial charge in [-0.15, -0.1) is 0 Å². The smallest absolute Gasteiger partial charge is 0.254 e. The topological polar surface area (TPSA) is 62.1 Å². The number of carbonyl (C=O) groups is 1. The van der Waals surface area contributed by atoms with Crippen LogP contribution in [-0.2, 0) is 12.8 Å². The zero-order chi connectivity index (χ0) is 19.3. The summed E-state index contributed by atoms with van der Waals surface area (Å²) in [7, 11) is 0. The standard InChI is InChI=1S/C23H27N3O2/c1-14(2)22-13-20(25-28-22)21-8-5-11-26(21)23(27)15-9-10-19-17(12-15)16-6-3-4-7-18(16)24-19/h9-10,12-14,21,24H,3-8,11H2,1-2H3/t21-/m0/s1. The molecule has 5 rings (SSSR count). The molecule has 1 aromatic carbocycles. The van der Waals surface area contributed by atoms with Crippen molar-refractivity contribution in [3.05, 3.63) is 52.5 Å². The Morgan fingerprint density at radius 2 is 2.07 bits per heavy atom. The van der Waals surface area contributed by atoms with Gasteiger partial charge in [0, 0.05) is 40.7 Å². The third kappa shape index (κ3) is 2.84. The van der Waals surface area contributed by atoms with Crippen molar-refractivity contribution in [3.8, 4) is 0 Å². The Balaban J connectivity index is 1.46. The van der Waals surface area contributed by atoms with Crippen molar-refractivity contribution in [1.82, 2.24) is 15.0 Å². The lowest BCUT2D eigenvalue weighted by molar-refractivity contribution is 0.0731. The molecule has 28 heavy (non-hydrogen) atoms. The van der Waals surface area contributed by atoms with E-state index in [1.54, 1.807) is 0 Å². The predicted molar refractivity (Wildman–Crippen MR) is 109 cm³/mol. The number of rotatable bonds is 3. The second-order valence-corrected chi connectivity index (χ2v) is 8.51. The van der Waals surface area contributed by atoms with E-state index < -0.39 is 0 Å². The Morgan fingerprint density at radius 1 is 1.21 bits per heavy atom. The zero-order valence-corrected chi connectivity index (χ0v) is 16.6. The van der Waals surface area contributed by atoms with Gasteiger partial charge in [0.2, 0.25) is 0 Å². The summed E-state index contributed by atoms with van der Waals surface area (Å²) in [4.78, 5) is 18.9. The van der Waals surface area contributed by atoms with Crippen LogP contribution < -0.4 is 0 Å². The lowest BCUT2D eigenvalue weighted by Gasteiger charge is -2.23. The fourth-order valence-electron chi connectivity index (χ4n) is 4.76. The SMILES string of the molecule is CC(C)c1cc([C@@H]2CCCN2C(=O)c2ccc3[nH]c4c(c3c2)CCCC4)no1. The van der Waals surface area contributed by atoms with Crippen LogP contribution in [0.25, 0.3) is 10.9 Å². The van der Waals surface area contributed by atoms with Gasteiger partial charge >= 0.3 is 0 Å². The van der Waals surface area contributed by atoms with Crippen LogP contribution in [0.4, 0.5) is 0 Å². The van der Waals surface area contributed by atoms with E-state index in [9.17, 15) is 4.79 Å². The first-order valence-corrected chi connectivity index (χ1v) is 10.5. The van der Waals surface area contributed by atoms with Crippen molar-refractivity contribution in [3.63, 3.8) is 0 Å². The highest BCUT2D eigenvalue weighted by Gasteiger charge is 2.33. The molecular formula is C23H27N3O2. The van der Waals surface area contributed by atoms with Crippen molar-refractivity contribution in [2.75, 3.05) is 6.54 Å². The number of amides is 1. The Hall–Kier alpha value is -2.56. The predicted octanol–water partition coefficient (Wildman–Crippen LogP) is 5.14. The maximum absolute atomic E-state index is 13.4. The molecule has 0 spiro atoms. The Bertz CT molecular complexity index is 1030. The van der Waals surface area contributed by atoms with Crippen LogP contribution >= 0.6 is 0 Å². The molecule has 3 aromatic rings. The number of aromatic amines is 1. The molecule has 1 amide bonds. The van der Waals surface area contributed by atoms with Gasteiger partial charge in [-0.25, -0.2) is 0 Å². The fourth-order valence-corrected chi connectivity index (χ4v) is 4.76. The van der Waals surface area contributed by atoms with E-state index >= 15 is 0 Å². The number of hydrogen-bond acceptors (Lipinski definition) is 3. The number of hydrogen-bond donors (Lipinski definition) is 1. The molecule has 0 unspecified atom stereocenters.